The third kappa shape index (κ3) is 1.99. The number of anilines is 1. The molecule has 0 aromatic heterocycles. The zero-order valence-corrected chi connectivity index (χ0v) is 14.1. The van der Waals surface area contributed by atoms with E-state index in [4.69, 9.17) is 0 Å². The summed E-state index contributed by atoms with van der Waals surface area (Å²) in [6.07, 6.45) is 0.274. The minimum absolute atomic E-state index is 0.00616. The Morgan fingerprint density at radius 3 is 2.19 bits per heavy atom. The summed E-state index contributed by atoms with van der Waals surface area (Å²) in [5.74, 6) is -2.82. The van der Waals surface area contributed by atoms with Crippen molar-refractivity contribution in [2.75, 3.05) is 4.90 Å². The molecule has 2 fully saturated rings. The second kappa shape index (κ2) is 5.33. The van der Waals surface area contributed by atoms with Crippen LogP contribution in [0.2, 0.25) is 0 Å². The van der Waals surface area contributed by atoms with Gasteiger partial charge in [0.2, 0.25) is 11.8 Å². The van der Waals surface area contributed by atoms with Crippen molar-refractivity contribution in [3.05, 3.63) is 69.8 Å². The molecule has 1 saturated heterocycles. The van der Waals surface area contributed by atoms with Gasteiger partial charge in [0.05, 0.1) is 28.4 Å². The first-order chi connectivity index (χ1) is 13.0. The van der Waals surface area contributed by atoms with Gasteiger partial charge >= 0.3 is 0 Å². The van der Waals surface area contributed by atoms with Crippen molar-refractivity contribution >= 4 is 29.0 Å². The van der Waals surface area contributed by atoms with E-state index >= 15 is 0 Å². The normalized spacial score (nSPS) is 28.3. The van der Waals surface area contributed by atoms with Gasteiger partial charge in [0, 0.05) is 24.5 Å². The van der Waals surface area contributed by atoms with Crippen molar-refractivity contribution in [2.45, 2.75) is 18.3 Å². The minimum Gasteiger partial charge on any atom is -0.299 e. The molecule has 134 valence electrons. The fourth-order valence-corrected chi connectivity index (χ4v) is 4.94. The van der Waals surface area contributed by atoms with Crippen molar-refractivity contribution in [1.29, 1.82) is 0 Å². The Bertz CT molecular complexity index is 1030. The fraction of sp³-hybridized carbons (Fsp3) is 0.250. The third-order valence-electron chi connectivity index (χ3n) is 6.01. The van der Waals surface area contributed by atoms with Gasteiger partial charge in [-0.1, -0.05) is 24.3 Å². The SMILES string of the molecule is O=C1C[C@H]2c3ccccc3[C@H]1[C@H]1C(=O)N(c3ccc([N+](=O)[O-])cc3)C(=O)[C@H]12. The molecule has 7 heteroatoms. The first-order valence-corrected chi connectivity index (χ1v) is 8.73. The highest BCUT2D eigenvalue weighted by atomic mass is 16.6. The van der Waals surface area contributed by atoms with E-state index in [2.05, 4.69) is 0 Å². The molecule has 3 aliphatic carbocycles. The lowest BCUT2D eigenvalue weighted by atomic mass is 9.56. The summed E-state index contributed by atoms with van der Waals surface area (Å²) >= 11 is 0. The number of hydrogen-bond donors (Lipinski definition) is 0. The monoisotopic (exact) mass is 362 g/mol. The number of benzene rings is 2. The lowest BCUT2D eigenvalue weighted by molar-refractivity contribution is -0.384. The number of carbonyl (C=O) groups is 3. The summed E-state index contributed by atoms with van der Waals surface area (Å²) in [5.41, 5.74) is 2.03. The predicted octanol–water partition coefficient (Wildman–Crippen LogP) is 2.55. The van der Waals surface area contributed by atoms with Gasteiger partial charge < -0.3 is 0 Å². The molecular weight excluding hydrogens is 348 g/mol. The highest BCUT2D eigenvalue weighted by molar-refractivity contribution is 6.24. The van der Waals surface area contributed by atoms with Crippen LogP contribution in [0.15, 0.2) is 48.5 Å². The van der Waals surface area contributed by atoms with Gasteiger partial charge in [-0.2, -0.15) is 0 Å². The summed E-state index contributed by atoms with van der Waals surface area (Å²) in [6, 6.07) is 12.9. The molecule has 2 aromatic carbocycles. The molecular formula is C20H14N2O5. The Hall–Kier alpha value is -3.35. The number of fused-ring (bicyclic) bond motifs is 1. The van der Waals surface area contributed by atoms with Gasteiger partial charge in [-0.15, -0.1) is 0 Å². The van der Waals surface area contributed by atoms with Crippen molar-refractivity contribution < 1.29 is 19.3 Å². The molecule has 1 aliphatic heterocycles. The Morgan fingerprint density at radius 1 is 0.889 bits per heavy atom. The summed E-state index contributed by atoms with van der Waals surface area (Å²) in [6.45, 7) is 0. The van der Waals surface area contributed by atoms with Crippen LogP contribution in [0.25, 0.3) is 0 Å². The lowest BCUT2D eigenvalue weighted by Crippen LogP contribution is -2.44. The molecule has 1 heterocycles. The van der Waals surface area contributed by atoms with Crippen molar-refractivity contribution in [2.24, 2.45) is 11.8 Å². The molecule has 27 heavy (non-hydrogen) atoms. The van der Waals surface area contributed by atoms with E-state index in [1.165, 1.54) is 24.3 Å². The van der Waals surface area contributed by atoms with Crippen LogP contribution in [0, 0.1) is 22.0 Å². The quantitative estimate of drug-likeness (QED) is 0.465. The number of hydrogen-bond acceptors (Lipinski definition) is 5. The van der Waals surface area contributed by atoms with Crippen LogP contribution in [0.4, 0.5) is 11.4 Å². The van der Waals surface area contributed by atoms with Crippen LogP contribution >= 0.6 is 0 Å². The Kier molecular flexibility index (Phi) is 3.13. The van der Waals surface area contributed by atoms with Crippen molar-refractivity contribution in [3.8, 4) is 0 Å². The van der Waals surface area contributed by atoms with Gasteiger partial charge in [-0.25, -0.2) is 4.90 Å². The number of carbonyl (C=O) groups excluding carboxylic acids is 3. The van der Waals surface area contributed by atoms with Crippen LogP contribution < -0.4 is 4.90 Å². The van der Waals surface area contributed by atoms with Crippen LogP contribution in [-0.2, 0) is 14.4 Å². The maximum atomic E-state index is 13.1. The molecule has 2 aromatic rings. The second-order valence-corrected chi connectivity index (χ2v) is 7.22. The van der Waals surface area contributed by atoms with Crippen LogP contribution in [0.3, 0.4) is 0 Å². The fourth-order valence-electron chi connectivity index (χ4n) is 4.94. The van der Waals surface area contributed by atoms with Crippen molar-refractivity contribution in [3.63, 3.8) is 0 Å². The molecule has 0 N–H and O–H groups in total. The van der Waals surface area contributed by atoms with E-state index in [1.807, 2.05) is 24.3 Å². The van der Waals surface area contributed by atoms with Crippen LogP contribution in [-0.4, -0.2) is 22.5 Å². The number of Topliss-reactive ketones (excluding diaryl/α,β-unsaturated/α-hetero) is 1. The van der Waals surface area contributed by atoms with Gasteiger partial charge in [-0.3, -0.25) is 24.5 Å². The average Bonchev–Trinajstić information content (AvgIpc) is 2.94. The Balaban J connectivity index is 1.59. The number of ketones is 1. The van der Waals surface area contributed by atoms with Gasteiger partial charge in [0.1, 0.15) is 5.78 Å². The predicted molar refractivity (Wildman–Crippen MR) is 94.1 cm³/mol. The first kappa shape index (κ1) is 15.9. The number of imide groups is 1. The minimum atomic E-state index is -0.686. The third-order valence-corrected chi connectivity index (χ3v) is 6.01. The number of nitro groups is 1. The Morgan fingerprint density at radius 2 is 1.52 bits per heavy atom. The maximum Gasteiger partial charge on any atom is 0.269 e. The van der Waals surface area contributed by atoms with Crippen molar-refractivity contribution in [1.82, 2.24) is 0 Å². The average molecular weight is 362 g/mol. The van der Waals surface area contributed by atoms with E-state index in [1.54, 1.807) is 0 Å². The molecule has 1 saturated carbocycles. The molecule has 4 aliphatic rings. The number of non-ortho nitro benzene ring substituents is 1. The van der Waals surface area contributed by atoms with Gasteiger partial charge in [0.15, 0.2) is 0 Å². The summed E-state index contributed by atoms with van der Waals surface area (Å²) in [4.78, 5) is 50.3. The highest BCUT2D eigenvalue weighted by Gasteiger charge is 2.62. The maximum absolute atomic E-state index is 13.1. The smallest absolute Gasteiger partial charge is 0.269 e. The number of rotatable bonds is 2. The first-order valence-electron chi connectivity index (χ1n) is 8.73. The van der Waals surface area contributed by atoms with Crippen LogP contribution in [0.1, 0.15) is 29.4 Å². The Labute approximate surface area is 153 Å². The topological polar surface area (TPSA) is 97.6 Å². The molecule has 7 nitrogen and oxygen atoms in total. The molecule has 4 atom stereocenters. The number of nitrogens with zero attached hydrogens (tertiary/aromatic N) is 2. The molecule has 2 amide bonds. The summed E-state index contributed by atoms with van der Waals surface area (Å²) in [7, 11) is 0. The van der Waals surface area contributed by atoms with E-state index in [9.17, 15) is 24.5 Å². The standard InChI is InChI=1S/C20H14N2O5/c23-15-9-14-12-3-1-2-4-13(12)16(15)18-17(14)19(24)21(20(18)25)10-5-7-11(8-6-10)22(26)27/h1-8,14,16-18H,9H2/t14-,16+,17-,18+/m0/s1. The molecule has 0 unspecified atom stereocenters. The summed E-state index contributed by atoms with van der Waals surface area (Å²) in [5, 5.41) is 10.8. The van der Waals surface area contributed by atoms with Gasteiger partial charge in [-0.05, 0) is 23.3 Å². The summed E-state index contributed by atoms with van der Waals surface area (Å²) < 4.78 is 0. The van der Waals surface area contributed by atoms with E-state index in [0.29, 0.717) is 5.69 Å². The van der Waals surface area contributed by atoms with E-state index in [-0.39, 0.29) is 29.7 Å². The second-order valence-electron chi connectivity index (χ2n) is 7.22. The number of nitro benzene ring substituents is 1. The molecule has 6 rings (SSSR count). The van der Waals surface area contributed by atoms with E-state index in [0.717, 1.165) is 16.0 Å². The number of amides is 2. The highest BCUT2D eigenvalue weighted by Crippen LogP contribution is 2.57. The molecule has 2 bridgehead atoms. The van der Waals surface area contributed by atoms with E-state index < -0.39 is 28.6 Å². The zero-order chi connectivity index (χ0) is 18.9. The van der Waals surface area contributed by atoms with Gasteiger partial charge in [0.25, 0.3) is 5.69 Å². The molecule has 0 radical (unpaired) electrons. The lowest BCUT2D eigenvalue weighted by Gasteiger charge is -2.43. The molecule has 0 spiro atoms. The zero-order valence-electron chi connectivity index (χ0n) is 14.1. The largest absolute Gasteiger partial charge is 0.299 e. The van der Waals surface area contributed by atoms with Crippen LogP contribution in [0.5, 0.6) is 0 Å².